The van der Waals surface area contributed by atoms with Gasteiger partial charge in [-0.2, -0.15) is 0 Å². The summed E-state index contributed by atoms with van der Waals surface area (Å²) in [7, 11) is 0. The molecule has 1 aliphatic carbocycles. The van der Waals surface area contributed by atoms with E-state index in [2.05, 4.69) is 22.4 Å². The van der Waals surface area contributed by atoms with E-state index in [-0.39, 0.29) is 24.2 Å². The van der Waals surface area contributed by atoms with Crippen LogP contribution in [-0.2, 0) is 22.4 Å². The third-order valence-corrected chi connectivity index (χ3v) is 5.76. The number of nitrogens with zero attached hydrogens (tertiary/aromatic N) is 2. The van der Waals surface area contributed by atoms with E-state index in [1.165, 1.54) is 17.5 Å². The second kappa shape index (κ2) is 7.11. The maximum Gasteiger partial charge on any atom is 0.229 e. The third kappa shape index (κ3) is 3.33. The number of aryl methyl sites for hydroxylation is 2. The monoisotopic (exact) mass is 367 g/mol. The number of carbonyl (C=O) groups is 2. The first-order chi connectivity index (χ1) is 12.6. The highest BCUT2D eigenvalue weighted by atomic mass is 32.2. The van der Waals surface area contributed by atoms with Crippen molar-refractivity contribution >= 4 is 35.0 Å². The summed E-state index contributed by atoms with van der Waals surface area (Å²) in [5.74, 6) is -0.448. The summed E-state index contributed by atoms with van der Waals surface area (Å²) in [5, 5.41) is 3.78. The van der Waals surface area contributed by atoms with Gasteiger partial charge in [-0.05, 0) is 60.9 Å². The quantitative estimate of drug-likeness (QED) is 0.843. The van der Waals surface area contributed by atoms with Crippen LogP contribution in [0.5, 0.6) is 0 Å². The van der Waals surface area contributed by atoms with E-state index in [0.29, 0.717) is 12.2 Å². The number of thioether (sulfide) groups is 1. The molecule has 1 aliphatic heterocycles. The van der Waals surface area contributed by atoms with Crippen LogP contribution in [0.2, 0.25) is 0 Å². The Morgan fingerprint density at radius 3 is 2.85 bits per heavy atom. The summed E-state index contributed by atoms with van der Waals surface area (Å²) in [4.78, 5) is 31.0. The third-order valence-electron chi connectivity index (χ3n) is 5.10. The lowest BCUT2D eigenvalue weighted by molar-refractivity contribution is -0.122. The van der Waals surface area contributed by atoms with Crippen LogP contribution in [0.3, 0.4) is 0 Å². The first-order valence-electron chi connectivity index (χ1n) is 8.87. The van der Waals surface area contributed by atoms with Crippen molar-refractivity contribution in [3.05, 3.63) is 47.7 Å². The number of amides is 2. The molecule has 2 aliphatic rings. The predicted molar refractivity (Wildman–Crippen MR) is 104 cm³/mol. The fraction of sp³-hybridized carbons (Fsp3) is 0.350. The van der Waals surface area contributed by atoms with Crippen LogP contribution in [0.15, 0.2) is 41.6 Å². The number of pyridine rings is 1. The molecule has 5 nitrogen and oxygen atoms in total. The van der Waals surface area contributed by atoms with Crippen LogP contribution >= 0.6 is 11.8 Å². The SMILES string of the molecule is CSc1ccc(NC(=O)C2CC(=O)N(c3ccc4c(c3)CCC4)C2)cn1. The molecule has 1 saturated heterocycles. The number of anilines is 2. The minimum absolute atomic E-state index is 0.0129. The second-order valence-corrected chi connectivity index (χ2v) is 7.62. The normalized spacial score (nSPS) is 18.9. The summed E-state index contributed by atoms with van der Waals surface area (Å²) >= 11 is 1.55. The number of nitrogens with one attached hydrogen (secondary N) is 1. The van der Waals surface area contributed by atoms with Crippen molar-refractivity contribution < 1.29 is 9.59 Å². The average molecular weight is 367 g/mol. The number of rotatable bonds is 4. The van der Waals surface area contributed by atoms with Gasteiger partial charge < -0.3 is 10.2 Å². The van der Waals surface area contributed by atoms with E-state index in [9.17, 15) is 9.59 Å². The van der Waals surface area contributed by atoms with Crippen LogP contribution in [0.1, 0.15) is 24.0 Å². The van der Waals surface area contributed by atoms with E-state index in [0.717, 1.165) is 23.6 Å². The van der Waals surface area contributed by atoms with Crippen LogP contribution < -0.4 is 10.2 Å². The first-order valence-corrected chi connectivity index (χ1v) is 10.1. The van der Waals surface area contributed by atoms with Gasteiger partial charge in [0.05, 0.1) is 22.8 Å². The van der Waals surface area contributed by atoms with Gasteiger partial charge in [0.1, 0.15) is 0 Å². The molecule has 4 rings (SSSR count). The molecule has 1 N–H and O–H groups in total. The lowest BCUT2D eigenvalue weighted by Gasteiger charge is -2.18. The first kappa shape index (κ1) is 17.1. The molecule has 0 spiro atoms. The number of benzene rings is 1. The molecule has 0 bridgehead atoms. The molecule has 26 heavy (non-hydrogen) atoms. The smallest absolute Gasteiger partial charge is 0.229 e. The molecular weight excluding hydrogens is 346 g/mol. The van der Waals surface area contributed by atoms with Crippen molar-refractivity contribution in [1.29, 1.82) is 0 Å². The van der Waals surface area contributed by atoms with Crippen molar-refractivity contribution in [2.75, 3.05) is 23.0 Å². The van der Waals surface area contributed by atoms with Gasteiger partial charge in [-0.1, -0.05) is 6.07 Å². The maximum absolute atomic E-state index is 12.6. The molecule has 1 atom stereocenters. The molecular formula is C20H21N3O2S. The zero-order valence-electron chi connectivity index (χ0n) is 14.7. The number of aromatic nitrogens is 1. The van der Waals surface area contributed by atoms with Gasteiger partial charge in [-0.3, -0.25) is 9.59 Å². The summed E-state index contributed by atoms with van der Waals surface area (Å²) in [5.41, 5.74) is 4.30. The van der Waals surface area contributed by atoms with Crippen molar-refractivity contribution in [1.82, 2.24) is 4.98 Å². The molecule has 1 fully saturated rings. The maximum atomic E-state index is 12.6. The zero-order chi connectivity index (χ0) is 18.1. The molecule has 0 saturated carbocycles. The van der Waals surface area contributed by atoms with E-state index < -0.39 is 0 Å². The number of fused-ring (bicyclic) bond motifs is 1. The highest BCUT2D eigenvalue weighted by Gasteiger charge is 2.35. The molecule has 0 radical (unpaired) electrons. The van der Waals surface area contributed by atoms with E-state index in [1.54, 1.807) is 22.9 Å². The molecule has 1 unspecified atom stereocenters. The molecule has 6 heteroatoms. The van der Waals surface area contributed by atoms with E-state index >= 15 is 0 Å². The molecule has 1 aromatic heterocycles. The van der Waals surface area contributed by atoms with Gasteiger partial charge in [0, 0.05) is 18.7 Å². The molecule has 2 aromatic rings. The Balaban J connectivity index is 1.44. The second-order valence-electron chi connectivity index (χ2n) is 6.79. The molecule has 1 aromatic carbocycles. The number of hydrogen-bond acceptors (Lipinski definition) is 4. The summed E-state index contributed by atoms with van der Waals surface area (Å²) in [6.07, 6.45) is 7.24. The Labute approximate surface area is 157 Å². The number of carbonyl (C=O) groups excluding carboxylic acids is 2. The average Bonchev–Trinajstić information content (AvgIpc) is 3.28. The molecule has 2 heterocycles. The lowest BCUT2D eigenvalue weighted by Crippen LogP contribution is -2.28. The fourth-order valence-electron chi connectivity index (χ4n) is 3.68. The van der Waals surface area contributed by atoms with Crippen LogP contribution in [0.4, 0.5) is 11.4 Å². The summed E-state index contributed by atoms with van der Waals surface area (Å²) in [6, 6.07) is 9.96. The van der Waals surface area contributed by atoms with Crippen molar-refractivity contribution in [2.45, 2.75) is 30.7 Å². The van der Waals surface area contributed by atoms with Gasteiger partial charge in [-0.15, -0.1) is 11.8 Å². The van der Waals surface area contributed by atoms with Gasteiger partial charge in [0.25, 0.3) is 0 Å². The highest BCUT2D eigenvalue weighted by molar-refractivity contribution is 7.98. The Kier molecular flexibility index (Phi) is 4.68. The zero-order valence-corrected chi connectivity index (χ0v) is 15.5. The van der Waals surface area contributed by atoms with Gasteiger partial charge in [-0.25, -0.2) is 4.98 Å². The number of hydrogen-bond donors (Lipinski definition) is 1. The van der Waals surface area contributed by atoms with Crippen molar-refractivity contribution in [3.63, 3.8) is 0 Å². The van der Waals surface area contributed by atoms with Crippen LogP contribution in [0, 0.1) is 5.92 Å². The minimum atomic E-state index is -0.337. The van der Waals surface area contributed by atoms with Crippen molar-refractivity contribution in [2.24, 2.45) is 5.92 Å². The Morgan fingerprint density at radius 1 is 1.23 bits per heavy atom. The predicted octanol–water partition coefficient (Wildman–Crippen LogP) is 3.28. The molecule has 134 valence electrons. The topological polar surface area (TPSA) is 62.3 Å². The van der Waals surface area contributed by atoms with Gasteiger partial charge in [0.15, 0.2) is 0 Å². The highest BCUT2D eigenvalue weighted by Crippen LogP contribution is 2.31. The summed E-state index contributed by atoms with van der Waals surface area (Å²) in [6.45, 7) is 0.430. The van der Waals surface area contributed by atoms with Crippen LogP contribution in [-0.4, -0.2) is 29.6 Å². The fourth-order valence-corrected chi connectivity index (χ4v) is 4.04. The standard InChI is InChI=1S/C20H21N3O2S/c1-26-18-8-6-16(11-21-18)22-20(25)15-10-19(24)23(12-15)17-7-5-13-3-2-4-14(13)9-17/h5-9,11,15H,2-4,10,12H2,1H3,(H,22,25). The van der Waals surface area contributed by atoms with E-state index in [4.69, 9.17) is 0 Å². The van der Waals surface area contributed by atoms with Crippen LogP contribution in [0.25, 0.3) is 0 Å². The van der Waals surface area contributed by atoms with Crippen molar-refractivity contribution in [3.8, 4) is 0 Å². The largest absolute Gasteiger partial charge is 0.324 e. The molecule has 2 amide bonds. The minimum Gasteiger partial charge on any atom is -0.324 e. The van der Waals surface area contributed by atoms with Gasteiger partial charge >= 0.3 is 0 Å². The lowest BCUT2D eigenvalue weighted by atomic mass is 10.1. The summed E-state index contributed by atoms with van der Waals surface area (Å²) < 4.78 is 0. The van der Waals surface area contributed by atoms with E-state index in [1.807, 2.05) is 24.5 Å². The Hall–Kier alpha value is -2.34. The Morgan fingerprint density at radius 2 is 2.08 bits per heavy atom. The van der Waals surface area contributed by atoms with Gasteiger partial charge in [0.2, 0.25) is 11.8 Å². The Bertz CT molecular complexity index is 851.